The van der Waals surface area contributed by atoms with Crippen LogP contribution in [0.3, 0.4) is 0 Å². The normalized spacial score (nSPS) is 47.0. The quantitative estimate of drug-likeness (QED) is 0.674. The van der Waals surface area contributed by atoms with E-state index < -0.39 is 17.0 Å². The molecule has 6 heteroatoms. The summed E-state index contributed by atoms with van der Waals surface area (Å²) in [5, 5.41) is 23.0. The standard InChI is InChI=1S/C21H35NO5/c1-14-11-15-13-21(25)20(24)8-6-10-22(17(23)27-18(2,3)4)9-5-7-19(15,20)16(12-14)26-21/h14-16,24-25H,5-13H2,1-4H3/t14-,15?,16+,19?,20-,21+/m1/s1. The van der Waals surface area contributed by atoms with E-state index in [2.05, 4.69) is 6.92 Å². The first kappa shape index (κ1) is 19.5. The summed E-state index contributed by atoms with van der Waals surface area (Å²) in [5.41, 5.74) is -2.10. The fraction of sp³-hybridized carbons (Fsp3) is 0.952. The predicted octanol–water partition coefficient (Wildman–Crippen LogP) is 3.05. The molecule has 2 saturated heterocycles. The lowest BCUT2D eigenvalue weighted by Crippen LogP contribution is -2.56. The molecule has 2 aliphatic carbocycles. The zero-order valence-corrected chi connectivity index (χ0v) is 17.2. The Morgan fingerprint density at radius 1 is 1.15 bits per heavy atom. The fourth-order valence-corrected chi connectivity index (χ4v) is 6.61. The second kappa shape index (κ2) is 6.07. The third-order valence-corrected chi connectivity index (χ3v) is 7.52. The van der Waals surface area contributed by atoms with Crippen LogP contribution in [0.5, 0.6) is 0 Å². The van der Waals surface area contributed by atoms with Crippen LogP contribution in [0.4, 0.5) is 4.79 Å². The van der Waals surface area contributed by atoms with Crippen molar-refractivity contribution in [2.75, 3.05) is 13.1 Å². The minimum atomic E-state index is -1.43. The Morgan fingerprint density at radius 2 is 1.81 bits per heavy atom. The number of aliphatic hydroxyl groups is 2. The van der Waals surface area contributed by atoms with Gasteiger partial charge in [-0.05, 0) is 71.1 Å². The van der Waals surface area contributed by atoms with Crippen molar-refractivity contribution >= 4 is 6.09 Å². The SMILES string of the molecule is C[C@@H]1CC2C[C@]3(O)O[C@@H](C1)C21CCCN(C(=O)OC(C)(C)C)CCC[C@@]13O. The van der Waals surface area contributed by atoms with Crippen molar-refractivity contribution in [2.45, 2.75) is 95.7 Å². The molecule has 1 spiro atoms. The van der Waals surface area contributed by atoms with Crippen molar-refractivity contribution in [1.29, 1.82) is 0 Å². The Labute approximate surface area is 162 Å². The summed E-state index contributed by atoms with van der Waals surface area (Å²) >= 11 is 0. The molecule has 2 N–H and O–H groups in total. The van der Waals surface area contributed by atoms with Crippen molar-refractivity contribution in [2.24, 2.45) is 17.3 Å². The number of hydrogen-bond acceptors (Lipinski definition) is 5. The monoisotopic (exact) mass is 381 g/mol. The molecule has 6 nitrogen and oxygen atoms in total. The first-order chi connectivity index (χ1) is 12.5. The lowest BCUT2D eigenvalue weighted by Gasteiger charge is -2.50. The first-order valence-corrected chi connectivity index (χ1v) is 10.6. The minimum Gasteiger partial charge on any atom is -0.444 e. The van der Waals surface area contributed by atoms with Crippen LogP contribution in [0.15, 0.2) is 0 Å². The molecule has 0 aromatic heterocycles. The highest BCUT2D eigenvalue weighted by Crippen LogP contribution is 2.72. The van der Waals surface area contributed by atoms with E-state index in [0.717, 1.165) is 25.7 Å². The van der Waals surface area contributed by atoms with Gasteiger partial charge >= 0.3 is 6.09 Å². The average Bonchev–Trinajstić information content (AvgIpc) is 2.83. The molecule has 1 amide bonds. The predicted molar refractivity (Wildman–Crippen MR) is 100.0 cm³/mol. The molecule has 4 aliphatic rings. The van der Waals surface area contributed by atoms with Gasteiger partial charge in [0.25, 0.3) is 0 Å². The largest absolute Gasteiger partial charge is 0.444 e. The smallest absolute Gasteiger partial charge is 0.410 e. The Kier molecular flexibility index (Phi) is 4.38. The molecule has 0 aromatic carbocycles. The van der Waals surface area contributed by atoms with Crippen molar-refractivity contribution in [3.05, 3.63) is 0 Å². The summed E-state index contributed by atoms with van der Waals surface area (Å²) in [5.74, 6) is -0.574. The van der Waals surface area contributed by atoms with Crippen LogP contribution in [-0.4, -0.2) is 57.4 Å². The second-order valence-corrected chi connectivity index (χ2v) is 10.4. The summed E-state index contributed by atoms with van der Waals surface area (Å²) in [4.78, 5) is 14.3. The summed E-state index contributed by atoms with van der Waals surface area (Å²) < 4.78 is 11.7. The van der Waals surface area contributed by atoms with Crippen LogP contribution in [-0.2, 0) is 9.47 Å². The van der Waals surface area contributed by atoms with Crippen molar-refractivity contribution in [3.63, 3.8) is 0 Å². The Hall–Kier alpha value is -0.850. The van der Waals surface area contributed by atoms with Crippen LogP contribution < -0.4 is 0 Å². The molecule has 0 aromatic rings. The number of carbonyl (C=O) groups is 1. The molecule has 2 bridgehead atoms. The average molecular weight is 382 g/mol. The summed E-state index contributed by atoms with van der Waals surface area (Å²) in [6.07, 6.45) is 4.80. The fourth-order valence-electron chi connectivity index (χ4n) is 6.61. The van der Waals surface area contributed by atoms with Gasteiger partial charge in [-0.2, -0.15) is 0 Å². The third-order valence-electron chi connectivity index (χ3n) is 7.52. The summed E-state index contributed by atoms with van der Waals surface area (Å²) in [6, 6.07) is 0. The van der Waals surface area contributed by atoms with Crippen LogP contribution in [0.2, 0.25) is 0 Å². The lowest BCUT2D eigenvalue weighted by molar-refractivity contribution is -0.268. The van der Waals surface area contributed by atoms with E-state index in [4.69, 9.17) is 9.47 Å². The highest BCUT2D eigenvalue weighted by atomic mass is 16.7. The number of rotatable bonds is 0. The molecule has 6 atom stereocenters. The number of carbonyl (C=O) groups excluding carboxylic acids is 1. The molecule has 27 heavy (non-hydrogen) atoms. The van der Waals surface area contributed by atoms with E-state index in [0.29, 0.717) is 44.2 Å². The number of nitrogens with zero attached hydrogens (tertiary/aromatic N) is 1. The van der Waals surface area contributed by atoms with Gasteiger partial charge in [-0.15, -0.1) is 0 Å². The number of hydrogen-bond donors (Lipinski definition) is 2. The zero-order chi connectivity index (χ0) is 19.7. The molecule has 2 unspecified atom stereocenters. The van der Waals surface area contributed by atoms with Crippen LogP contribution >= 0.6 is 0 Å². The lowest BCUT2D eigenvalue weighted by atomic mass is 9.56. The van der Waals surface area contributed by atoms with E-state index >= 15 is 0 Å². The van der Waals surface area contributed by atoms with Gasteiger partial charge in [0.1, 0.15) is 11.2 Å². The van der Waals surface area contributed by atoms with Gasteiger partial charge in [0.15, 0.2) is 5.79 Å². The molecule has 2 aliphatic heterocycles. The molecule has 4 fully saturated rings. The number of amides is 1. The topological polar surface area (TPSA) is 79.2 Å². The maximum atomic E-state index is 12.5. The zero-order valence-electron chi connectivity index (χ0n) is 17.2. The van der Waals surface area contributed by atoms with Gasteiger partial charge in [0.05, 0.1) is 6.10 Å². The maximum Gasteiger partial charge on any atom is 0.410 e. The summed E-state index contributed by atoms with van der Waals surface area (Å²) in [7, 11) is 0. The van der Waals surface area contributed by atoms with Gasteiger partial charge < -0.3 is 24.6 Å². The maximum absolute atomic E-state index is 12.5. The molecule has 2 saturated carbocycles. The second-order valence-electron chi connectivity index (χ2n) is 10.4. The highest BCUT2D eigenvalue weighted by Gasteiger charge is 2.80. The van der Waals surface area contributed by atoms with E-state index in [1.807, 2.05) is 20.8 Å². The molecular weight excluding hydrogens is 346 g/mol. The number of ether oxygens (including phenoxy) is 2. The van der Waals surface area contributed by atoms with Crippen LogP contribution in [0, 0.1) is 17.3 Å². The van der Waals surface area contributed by atoms with Crippen molar-refractivity contribution in [3.8, 4) is 0 Å². The molecular formula is C21H35NO5. The third kappa shape index (κ3) is 2.74. The van der Waals surface area contributed by atoms with Gasteiger partial charge in [0.2, 0.25) is 0 Å². The molecule has 0 radical (unpaired) electrons. The Balaban J connectivity index is 1.58. The van der Waals surface area contributed by atoms with Crippen LogP contribution in [0.25, 0.3) is 0 Å². The van der Waals surface area contributed by atoms with E-state index in [-0.39, 0.29) is 17.6 Å². The Morgan fingerprint density at radius 3 is 2.44 bits per heavy atom. The Bertz CT molecular complexity index is 598. The van der Waals surface area contributed by atoms with Crippen molar-refractivity contribution < 1.29 is 24.5 Å². The van der Waals surface area contributed by atoms with Gasteiger partial charge in [-0.3, -0.25) is 0 Å². The molecule has 4 rings (SSSR count). The van der Waals surface area contributed by atoms with E-state index in [1.54, 1.807) is 4.90 Å². The van der Waals surface area contributed by atoms with E-state index in [1.165, 1.54) is 0 Å². The van der Waals surface area contributed by atoms with Crippen LogP contribution in [0.1, 0.15) is 72.6 Å². The van der Waals surface area contributed by atoms with Crippen molar-refractivity contribution in [1.82, 2.24) is 4.90 Å². The van der Waals surface area contributed by atoms with Gasteiger partial charge in [-0.25, -0.2) is 4.79 Å². The molecule has 154 valence electrons. The van der Waals surface area contributed by atoms with Gasteiger partial charge in [-0.1, -0.05) is 6.92 Å². The first-order valence-electron chi connectivity index (χ1n) is 10.6. The van der Waals surface area contributed by atoms with E-state index in [9.17, 15) is 15.0 Å². The summed E-state index contributed by atoms with van der Waals surface area (Å²) in [6.45, 7) is 9.03. The minimum absolute atomic E-state index is 0.0805. The highest BCUT2D eigenvalue weighted by molar-refractivity contribution is 5.68. The molecule has 2 heterocycles. The van der Waals surface area contributed by atoms with Gasteiger partial charge in [0, 0.05) is 24.9 Å².